The number of aromatic nitrogens is 2. The maximum Gasteiger partial charge on any atom is 0.209 e. The lowest BCUT2D eigenvalue weighted by molar-refractivity contribution is 0.592. The summed E-state index contributed by atoms with van der Waals surface area (Å²) in [7, 11) is -3.08. The van der Waals surface area contributed by atoms with Crippen molar-refractivity contribution < 1.29 is 4.57 Å². The quantitative estimate of drug-likeness (QED) is 0.395. The van der Waals surface area contributed by atoms with Gasteiger partial charge in [0.15, 0.2) is 10.0 Å². The summed E-state index contributed by atoms with van der Waals surface area (Å²) in [6.07, 6.45) is 10.9. The maximum atomic E-state index is 13.9. The largest absolute Gasteiger partial charge is 0.305 e. The predicted octanol–water partition coefficient (Wildman–Crippen LogP) is 2.18. The molecule has 104 valence electrons. The molecule has 1 aromatic carbocycles. The predicted molar refractivity (Wildman–Crippen MR) is 92.0 cm³/mol. The topological polar surface area (TPSA) is 42.9 Å². The highest BCUT2D eigenvalue weighted by Crippen LogP contribution is 2.54. The first-order chi connectivity index (χ1) is 10.7. The van der Waals surface area contributed by atoms with Crippen LogP contribution in [0.2, 0.25) is 0 Å². The van der Waals surface area contributed by atoms with Crippen molar-refractivity contribution in [2.45, 2.75) is 0 Å². The second-order valence-electron chi connectivity index (χ2n) is 4.58. The van der Waals surface area contributed by atoms with Crippen molar-refractivity contribution in [1.82, 2.24) is 9.97 Å². The lowest BCUT2D eigenvalue weighted by atomic mass is 10.4. The third-order valence-corrected chi connectivity index (χ3v) is 8.69. The molecule has 1 aliphatic rings. The minimum atomic E-state index is -3.08. The molecule has 3 aromatic rings. The van der Waals surface area contributed by atoms with Gasteiger partial charge in [-0.3, -0.25) is 0 Å². The van der Waals surface area contributed by atoms with Gasteiger partial charge < -0.3 is 4.57 Å². The van der Waals surface area contributed by atoms with Gasteiger partial charge in [-0.25, -0.2) is 9.97 Å². The number of fused-ring (bicyclic) bond motifs is 3. The highest BCUT2D eigenvalue weighted by Gasteiger charge is 2.46. The fourth-order valence-electron chi connectivity index (χ4n) is 2.45. The molecule has 1 aliphatic heterocycles. The summed E-state index contributed by atoms with van der Waals surface area (Å²) < 4.78 is 13.9. The Morgan fingerprint density at radius 2 is 1.41 bits per heavy atom. The molecule has 0 spiro atoms. The lowest BCUT2D eigenvalue weighted by Gasteiger charge is -2.11. The number of benzene rings is 1. The Hall–Kier alpha value is -2.17. The van der Waals surface area contributed by atoms with E-state index in [0.29, 0.717) is 26.2 Å². The minimum Gasteiger partial charge on any atom is -0.305 e. The van der Waals surface area contributed by atoms with E-state index < -0.39 is 7.14 Å². The zero-order chi connectivity index (χ0) is 15.3. The third kappa shape index (κ3) is 1.62. The van der Waals surface area contributed by atoms with Crippen molar-refractivity contribution >= 4 is 46.0 Å². The van der Waals surface area contributed by atoms with Gasteiger partial charge in [0.25, 0.3) is 0 Å². The first-order valence-corrected chi connectivity index (χ1v) is 9.64. The number of terminal acetylenes is 2. The molecule has 0 fully saturated rings. The summed E-state index contributed by atoms with van der Waals surface area (Å²) in [5, 5.41) is 1.77. The molecule has 0 saturated carbocycles. The van der Waals surface area contributed by atoms with E-state index in [-0.39, 0.29) is 0 Å². The van der Waals surface area contributed by atoms with Gasteiger partial charge in [0.05, 0.1) is 9.75 Å². The highest BCUT2D eigenvalue weighted by molar-refractivity contribution is 7.87. The molecule has 4 rings (SSSR count). The SMILES string of the molecule is C#Cc1nc2c(s1)-c1sc(C#C)nc1P2(=O)c1ccccc1. The van der Waals surface area contributed by atoms with E-state index in [1.165, 1.54) is 22.7 Å². The molecule has 6 heteroatoms. The summed E-state index contributed by atoms with van der Waals surface area (Å²) in [4.78, 5) is 10.5. The Balaban J connectivity index is 2.10. The van der Waals surface area contributed by atoms with Gasteiger partial charge in [-0.1, -0.05) is 30.3 Å². The average molecular weight is 338 g/mol. The molecule has 3 nitrogen and oxygen atoms in total. The molecule has 2 aromatic heterocycles. The van der Waals surface area contributed by atoms with E-state index in [0.717, 1.165) is 9.75 Å². The summed E-state index contributed by atoms with van der Waals surface area (Å²) in [6.45, 7) is 0. The van der Waals surface area contributed by atoms with Crippen molar-refractivity contribution in [2.24, 2.45) is 0 Å². The van der Waals surface area contributed by atoms with Crippen molar-refractivity contribution in [3.63, 3.8) is 0 Å². The second-order valence-corrected chi connectivity index (χ2v) is 9.16. The van der Waals surface area contributed by atoms with Crippen LogP contribution in [0, 0.1) is 24.7 Å². The number of thiazole rings is 2. The first kappa shape index (κ1) is 13.5. The van der Waals surface area contributed by atoms with Crippen LogP contribution in [0.1, 0.15) is 10.0 Å². The van der Waals surface area contributed by atoms with Gasteiger partial charge >= 0.3 is 0 Å². The fourth-order valence-corrected chi connectivity index (χ4v) is 8.02. The Kier molecular flexibility index (Phi) is 2.86. The van der Waals surface area contributed by atoms with Gasteiger partial charge in [0.1, 0.15) is 10.9 Å². The van der Waals surface area contributed by atoms with Crippen LogP contribution in [0.3, 0.4) is 0 Å². The van der Waals surface area contributed by atoms with Gasteiger partial charge in [-0.05, 0) is 11.8 Å². The molecule has 0 saturated heterocycles. The van der Waals surface area contributed by atoms with Crippen LogP contribution in [0.5, 0.6) is 0 Å². The van der Waals surface area contributed by atoms with Crippen molar-refractivity contribution in [3.05, 3.63) is 40.3 Å². The Morgan fingerprint density at radius 1 is 0.909 bits per heavy atom. The zero-order valence-corrected chi connectivity index (χ0v) is 13.6. The number of hydrogen-bond acceptors (Lipinski definition) is 5. The van der Waals surface area contributed by atoms with Crippen LogP contribution < -0.4 is 16.2 Å². The van der Waals surface area contributed by atoms with Gasteiger partial charge in [-0.2, -0.15) is 0 Å². The van der Waals surface area contributed by atoms with E-state index in [1.54, 1.807) is 0 Å². The Labute approximate surface area is 135 Å². The van der Waals surface area contributed by atoms with E-state index in [4.69, 9.17) is 12.8 Å². The molecule has 0 atom stereocenters. The molecule has 0 bridgehead atoms. The molecule has 0 radical (unpaired) electrons. The monoisotopic (exact) mass is 338 g/mol. The summed E-state index contributed by atoms with van der Waals surface area (Å²) in [6, 6.07) is 9.27. The second kappa shape index (κ2) is 4.66. The van der Waals surface area contributed by atoms with Crippen LogP contribution in [-0.2, 0) is 4.57 Å². The van der Waals surface area contributed by atoms with Crippen LogP contribution in [0.25, 0.3) is 9.75 Å². The normalized spacial score (nSPS) is 13.9. The lowest BCUT2D eigenvalue weighted by Crippen LogP contribution is -2.23. The smallest absolute Gasteiger partial charge is 0.209 e. The molecule has 0 amide bonds. The van der Waals surface area contributed by atoms with Gasteiger partial charge in [0.2, 0.25) is 7.14 Å². The van der Waals surface area contributed by atoms with Gasteiger partial charge in [-0.15, -0.1) is 35.5 Å². The van der Waals surface area contributed by atoms with E-state index in [2.05, 4.69) is 21.8 Å². The molecular weight excluding hydrogens is 331 g/mol. The molecule has 3 heterocycles. The van der Waals surface area contributed by atoms with E-state index in [1.807, 2.05) is 30.3 Å². The standard InChI is InChI=1S/C16H7N2OPS2/c1-3-11-17-15-13(21-11)14-16(18-12(4-2)22-14)20(15,19)10-8-6-5-7-9-10/h1-2,5-9H. The summed E-state index contributed by atoms with van der Waals surface area (Å²) in [5.74, 6) is 5.05. The summed E-state index contributed by atoms with van der Waals surface area (Å²) in [5.41, 5.74) is 1.10. The van der Waals surface area contributed by atoms with Gasteiger partial charge in [0, 0.05) is 5.30 Å². The minimum absolute atomic E-state index is 0.530. The van der Waals surface area contributed by atoms with E-state index in [9.17, 15) is 4.57 Å². The Bertz CT molecular complexity index is 972. The van der Waals surface area contributed by atoms with Crippen molar-refractivity contribution in [3.8, 4) is 34.4 Å². The number of nitrogens with zero attached hydrogens (tertiary/aromatic N) is 2. The first-order valence-electron chi connectivity index (χ1n) is 6.30. The molecule has 0 aliphatic carbocycles. The molecule has 22 heavy (non-hydrogen) atoms. The van der Waals surface area contributed by atoms with Crippen LogP contribution >= 0.6 is 29.8 Å². The molecular formula is C16H7N2OPS2. The van der Waals surface area contributed by atoms with E-state index >= 15 is 0 Å². The van der Waals surface area contributed by atoms with Crippen LogP contribution in [0.4, 0.5) is 0 Å². The van der Waals surface area contributed by atoms with Crippen molar-refractivity contribution in [1.29, 1.82) is 0 Å². The average Bonchev–Trinajstić information content (AvgIpc) is 3.22. The highest BCUT2D eigenvalue weighted by atomic mass is 32.1. The zero-order valence-electron chi connectivity index (χ0n) is 11.1. The Morgan fingerprint density at radius 3 is 1.86 bits per heavy atom. The third-order valence-electron chi connectivity index (χ3n) is 3.39. The molecule has 0 N–H and O–H groups in total. The van der Waals surface area contributed by atoms with Crippen LogP contribution in [0.15, 0.2) is 30.3 Å². The number of hydrogen-bond donors (Lipinski definition) is 0. The summed E-state index contributed by atoms with van der Waals surface area (Å²) >= 11 is 2.74. The van der Waals surface area contributed by atoms with Crippen LogP contribution in [-0.4, -0.2) is 9.97 Å². The maximum absolute atomic E-state index is 13.9. The number of rotatable bonds is 1. The van der Waals surface area contributed by atoms with Crippen molar-refractivity contribution in [2.75, 3.05) is 0 Å². The fraction of sp³-hybridized carbons (Fsp3) is 0. The molecule has 0 unspecified atom stereocenters.